The van der Waals surface area contributed by atoms with Crippen molar-refractivity contribution in [3.63, 3.8) is 0 Å². The number of amides is 1. The van der Waals surface area contributed by atoms with E-state index < -0.39 is 0 Å². The van der Waals surface area contributed by atoms with Gasteiger partial charge in [0, 0.05) is 29.2 Å². The number of nitrogens with one attached hydrogen (secondary N) is 1. The molecule has 0 bridgehead atoms. The van der Waals surface area contributed by atoms with E-state index in [1.54, 1.807) is 0 Å². The van der Waals surface area contributed by atoms with E-state index in [0.717, 1.165) is 55.7 Å². The van der Waals surface area contributed by atoms with Crippen LogP contribution in [0.15, 0.2) is 28.7 Å². The quantitative estimate of drug-likeness (QED) is 0.890. The van der Waals surface area contributed by atoms with Gasteiger partial charge >= 0.3 is 0 Å². The molecule has 0 radical (unpaired) electrons. The van der Waals surface area contributed by atoms with Crippen LogP contribution in [-0.2, 0) is 4.74 Å². The molecular weight excluding hydrogens is 344 g/mol. The van der Waals surface area contributed by atoms with E-state index in [1.165, 1.54) is 6.42 Å². The fraction of sp³-hybridized carbons (Fsp3) is 0.588. The fourth-order valence-corrected chi connectivity index (χ4v) is 3.70. The molecule has 2 heterocycles. The van der Waals surface area contributed by atoms with Crippen LogP contribution in [0, 0.1) is 5.92 Å². The zero-order valence-corrected chi connectivity index (χ0v) is 14.3. The molecule has 1 atom stereocenters. The predicted octanol–water partition coefficient (Wildman–Crippen LogP) is 2.68. The number of hydrogen-bond donors (Lipinski definition) is 1. The summed E-state index contributed by atoms with van der Waals surface area (Å²) in [6, 6.07) is 8.15. The molecule has 22 heavy (non-hydrogen) atoms. The van der Waals surface area contributed by atoms with Crippen LogP contribution in [0.3, 0.4) is 0 Å². The summed E-state index contributed by atoms with van der Waals surface area (Å²) in [5, 5.41) is 3.08. The molecule has 2 fully saturated rings. The minimum atomic E-state index is 0.0212. The van der Waals surface area contributed by atoms with Gasteiger partial charge in [-0.25, -0.2) is 0 Å². The lowest BCUT2D eigenvalue weighted by Gasteiger charge is -2.35. The number of piperidine rings is 1. The molecule has 4 nitrogen and oxygen atoms in total. The summed E-state index contributed by atoms with van der Waals surface area (Å²) in [7, 11) is 0. The van der Waals surface area contributed by atoms with Crippen LogP contribution in [0.25, 0.3) is 0 Å². The number of rotatable bonds is 4. The van der Waals surface area contributed by atoms with Crippen molar-refractivity contribution >= 4 is 21.8 Å². The molecule has 3 rings (SSSR count). The summed E-state index contributed by atoms with van der Waals surface area (Å²) >= 11 is 3.40. The number of halogens is 1. The van der Waals surface area contributed by atoms with Crippen LogP contribution in [0.2, 0.25) is 0 Å². The highest BCUT2D eigenvalue weighted by Crippen LogP contribution is 2.22. The Balaban J connectivity index is 1.42. The van der Waals surface area contributed by atoms with Gasteiger partial charge in [0.2, 0.25) is 0 Å². The van der Waals surface area contributed by atoms with Gasteiger partial charge in [-0.2, -0.15) is 0 Å². The summed E-state index contributed by atoms with van der Waals surface area (Å²) < 4.78 is 6.41. The van der Waals surface area contributed by atoms with Gasteiger partial charge in [-0.15, -0.1) is 0 Å². The van der Waals surface area contributed by atoms with Gasteiger partial charge in [0.05, 0.1) is 6.61 Å². The monoisotopic (exact) mass is 366 g/mol. The average molecular weight is 367 g/mol. The Morgan fingerprint density at radius 1 is 1.32 bits per heavy atom. The molecule has 1 aromatic carbocycles. The Kier molecular flexibility index (Phi) is 5.50. The van der Waals surface area contributed by atoms with Crippen LogP contribution < -0.4 is 5.32 Å². The Bertz CT molecular complexity index is 509. The average Bonchev–Trinajstić information content (AvgIpc) is 3.07. The zero-order valence-electron chi connectivity index (χ0n) is 12.8. The minimum Gasteiger partial charge on any atom is -0.380 e. The predicted molar refractivity (Wildman–Crippen MR) is 90.0 cm³/mol. The Labute approximate surface area is 140 Å². The van der Waals surface area contributed by atoms with Gasteiger partial charge in [0.25, 0.3) is 5.91 Å². The van der Waals surface area contributed by atoms with Crippen LogP contribution in [0.1, 0.15) is 29.6 Å². The van der Waals surface area contributed by atoms with Crippen LogP contribution in [0.4, 0.5) is 0 Å². The maximum absolute atomic E-state index is 12.2. The van der Waals surface area contributed by atoms with E-state index >= 15 is 0 Å². The van der Waals surface area contributed by atoms with Crippen LogP contribution in [0.5, 0.6) is 0 Å². The van der Waals surface area contributed by atoms with Crippen molar-refractivity contribution in [3.8, 4) is 0 Å². The SMILES string of the molecule is O=C(NCC1CCN([C@H]2CCOC2)CC1)c1cccc(Br)c1. The van der Waals surface area contributed by atoms with Gasteiger partial charge in [-0.3, -0.25) is 9.69 Å². The lowest BCUT2D eigenvalue weighted by molar-refractivity contribution is 0.0911. The van der Waals surface area contributed by atoms with Gasteiger partial charge in [-0.1, -0.05) is 22.0 Å². The Morgan fingerprint density at radius 3 is 2.82 bits per heavy atom. The Hall–Kier alpha value is -0.910. The van der Waals surface area contributed by atoms with E-state index in [2.05, 4.69) is 26.1 Å². The van der Waals surface area contributed by atoms with Crippen molar-refractivity contribution in [2.45, 2.75) is 25.3 Å². The number of ether oxygens (including phenoxy) is 1. The number of nitrogens with zero attached hydrogens (tertiary/aromatic N) is 1. The highest BCUT2D eigenvalue weighted by Gasteiger charge is 2.27. The maximum Gasteiger partial charge on any atom is 0.251 e. The molecule has 1 aromatic rings. The van der Waals surface area contributed by atoms with Gasteiger partial charge in [0.15, 0.2) is 0 Å². The third-order valence-corrected chi connectivity index (χ3v) is 5.20. The first-order valence-electron chi connectivity index (χ1n) is 8.08. The number of benzene rings is 1. The summed E-state index contributed by atoms with van der Waals surface area (Å²) in [5.74, 6) is 0.614. The van der Waals surface area contributed by atoms with Crippen molar-refractivity contribution in [1.82, 2.24) is 10.2 Å². The van der Waals surface area contributed by atoms with Crippen molar-refractivity contribution in [2.24, 2.45) is 5.92 Å². The van der Waals surface area contributed by atoms with E-state index in [9.17, 15) is 4.79 Å². The molecule has 120 valence electrons. The van der Waals surface area contributed by atoms with Crippen molar-refractivity contribution < 1.29 is 9.53 Å². The number of carbonyl (C=O) groups is 1. The molecule has 0 unspecified atom stereocenters. The highest BCUT2D eigenvalue weighted by molar-refractivity contribution is 9.10. The van der Waals surface area contributed by atoms with Crippen molar-refractivity contribution in [2.75, 3.05) is 32.8 Å². The molecule has 0 aliphatic carbocycles. The molecule has 2 aliphatic rings. The first-order chi connectivity index (χ1) is 10.7. The third kappa shape index (κ3) is 4.09. The number of hydrogen-bond acceptors (Lipinski definition) is 3. The van der Waals surface area contributed by atoms with E-state index in [4.69, 9.17) is 4.74 Å². The second-order valence-corrected chi connectivity index (χ2v) is 7.13. The first-order valence-corrected chi connectivity index (χ1v) is 8.87. The van der Waals surface area contributed by atoms with Gasteiger partial charge in [0.1, 0.15) is 0 Å². The topological polar surface area (TPSA) is 41.6 Å². The number of likely N-dealkylation sites (tertiary alicyclic amines) is 1. The first kappa shape index (κ1) is 16.0. The molecule has 1 N–H and O–H groups in total. The molecule has 0 saturated carbocycles. The fourth-order valence-electron chi connectivity index (χ4n) is 3.30. The molecule has 2 saturated heterocycles. The van der Waals surface area contributed by atoms with Crippen molar-refractivity contribution in [3.05, 3.63) is 34.3 Å². The van der Waals surface area contributed by atoms with Crippen LogP contribution in [-0.4, -0.2) is 49.7 Å². The number of carbonyl (C=O) groups excluding carboxylic acids is 1. The van der Waals surface area contributed by atoms with E-state index in [0.29, 0.717) is 12.0 Å². The summed E-state index contributed by atoms with van der Waals surface area (Å²) in [4.78, 5) is 14.7. The highest BCUT2D eigenvalue weighted by atomic mass is 79.9. The smallest absolute Gasteiger partial charge is 0.251 e. The maximum atomic E-state index is 12.2. The summed E-state index contributed by atoms with van der Waals surface area (Å²) in [5.41, 5.74) is 0.718. The molecule has 2 aliphatic heterocycles. The standard InChI is InChI=1S/C17H23BrN2O2/c18-15-3-1-2-14(10-15)17(21)19-11-13-4-7-20(8-5-13)16-6-9-22-12-16/h1-3,10,13,16H,4-9,11-12H2,(H,19,21)/t16-/m0/s1. The molecule has 1 amide bonds. The Morgan fingerprint density at radius 2 is 2.14 bits per heavy atom. The third-order valence-electron chi connectivity index (χ3n) is 4.71. The second kappa shape index (κ2) is 7.57. The van der Waals surface area contributed by atoms with E-state index in [-0.39, 0.29) is 5.91 Å². The van der Waals surface area contributed by atoms with Gasteiger partial charge < -0.3 is 10.1 Å². The summed E-state index contributed by atoms with van der Waals surface area (Å²) in [6.45, 7) is 4.84. The van der Waals surface area contributed by atoms with Crippen LogP contribution >= 0.6 is 15.9 Å². The minimum absolute atomic E-state index is 0.0212. The normalized spacial score (nSPS) is 23.6. The largest absolute Gasteiger partial charge is 0.380 e. The lowest BCUT2D eigenvalue weighted by Crippen LogP contribution is -2.43. The second-order valence-electron chi connectivity index (χ2n) is 6.22. The zero-order chi connectivity index (χ0) is 15.4. The lowest BCUT2D eigenvalue weighted by atomic mass is 9.95. The van der Waals surface area contributed by atoms with Gasteiger partial charge in [-0.05, 0) is 56.5 Å². The van der Waals surface area contributed by atoms with E-state index in [1.807, 2.05) is 24.3 Å². The molecule has 0 spiro atoms. The molecule has 0 aromatic heterocycles. The van der Waals surface area contributed by atoms with Crippen molar-refractivity contribution in [1.29, 1.82) is 0 Å². The molecule has 5 heteroatoms. The summed E-state index contributed by atoms with van der Waals surface area (Å²) in [6.07, 6.45) is 3.49. The molecular formula is C17H23BrN2O2.